The van der Waals surface area contributed by atoms with Crippen LogP contribution in [0.5, 0.6) is 0 Å². The first-order valence-corrected chi connectivity index (χ1v) is 6.32. The molecule has 0 saturated heterocycles. The summed E-state index contributed by atoms with van der Waals surface area (Å²) >= 11 is 0. The molecular formula is C16H12F2N2O. The molecule has 0 unspecified atom stereocenters. The molecular weight excluding hydrogens is 274 g/mol. The van der Waals surface area contributed by atoms with Crippen LogP contribution >= 0.6 is 0 Å². The summed E-state index contributed by atoms with van der Waals surface area (Å²) in [6.45, 7) is 0. The van der Waals surface area contributed by atoms with Crippen molar-refractivity contribution < 1.29 is 13.6 Å². The number of nitrogens with zero attached hydrogens (tertiary/aromatic N) is 1. The van der Waals surface area contributed by atoms with Crippen molar-refractivity contribution in [2.24, 2.45) is 0 Å². The zero-order chi connectivity index (χ0) is 15.2. The first-order valence-electron chi connectivity index (χ1n) is 6.32. The number of nitrogens with one attached hydrogen (secondary N) is 1. The van der Waals surface area contributed by atoms with Crippen molar-refractivity contribution in [3.05, 3.63) is 65.2 Å². The molecule has 1 amide bonds. The highest BCUT2D eigenvalue weighted by Crippen LogP contribution is 2.14. The third-order valence-electron chi connectivity index (χ3n) is 2.93. The van der Waals surface area contributed by atoms with Gasteiger partial charge in [-0.15, -0.1) is 0 Å². The Morgan fingerprint density at radius 3 is 2.43 bits per heavy atom. The molecule has 0 aliphatic carbocycles. The van der Waals surface area contributed by atoms with Gasteiger partial charge in [-0.2, -0.15) is 5.26 Å². The predicted octanol–water partition coefficient (Wildman–Crippen LogP) is 3.41. The van der Waals surface area contributed by atoms with Crippen molar-refractivity contribution in [2.75, 3.05) is 5.32 Å². The first-order chi connectivity index (χ1) is 10.1. The number of hydrogen-bond acceptors (Lipinski definition) is 2. The minimum atomic E-state index is -1.00. The van der Waals surface area contributed by atoms with Gasteiger partial charge in [0.1, 0.15) is 0 Å². The van der Waals surface area contributed by atoms with Crippen LogP contribution in [0.25, 0.3) is 0 Å². The minimum absolute atomic E-state index is 0.213. The van der Waals surface area contributed by atoms with Crippen molar-refractivity contribution in [1.29, 1.82) is 5.26 Å². The second-order valence-corrected chi connectivity index (χ2v) is 4.49. The predicted molar refractivity (Wildman–Crippen MR) is 74.5 cm³/mol. The second-order valence-electron chi connectivity index (χ2n) is 4.49. The van der Waals surface area contributed by atoms with Crippen LogP contribution in [0.2, 0.25) is 0 Å². The van der Waals surface area contributed by atoms with E-state index in [1.54, 1.807) is 24.3 Å². The number of halogens is 2. The van der Waals surface area contributed by atoms with Crippen molar-refractivity contribution in [1.82, 2.24) is 0 Å². The average molecular weight is 286 g/mol. The van der Waals surface area contributed by atoms with Crippen LogP contribution in [-0.4, -0.2) is 5.91 Å². The fourth-order valence-corrected chi connectivity index (χ4v) is 1.80. The lowest BCUT2D eigenvalue weighted by atomic mass is 10.1. The molecule has 2 aromatic carbocycles. The number of benzene rings is 2. The lowest BCUT2D eigenvalue weighted by Crippen LogP contribution is -2.12. The number of carbonyl (C=O) groups excluding carboxylic acids is 1. The molecule has 0 spiro atoms. The van der Waals surface area contributed by atoms with Gasteiger partial charge in [0.05, 0.1) is 11.6 Å². The van der Waals surface area contributed by atoms with Gasteiger partial charge < -0.3 is 5.32 Å². The third kappa shape index (κ3) is 4.11. The summed E-state index contributed by atoms with van der Waals surface area (Å²) in [5.41, 5.74) is 1.71. The standard InChI is InChI=1S/C16H12F2N2O/c17-14-7-6-13(9-15(14)18)20-16(21)8-5-11-1-3-12(10-19)4-2-11/h1-4,6-7,9H,5,8H2,(H,20,21). The van der Waals surface area contributed by atoms with E-state index in [0.29, 0.717) is 12.0 Å². The number of carbonyl (C=O) groups is 1. The fraction of sp³-hybridized carbons (Fsp3) is 0.125. The van der Waals surface area contributed by atoms with Crippen LogP contribution in [-0.2, 0) is 11.2 Å². The quantitative estimate of drug-likeness (QED) is 0.936. The minimum Gasteiger partial charge on any atom is -0.326 e. The van der Waals surface area contributed by atoms with Crippen molar-refractivity contribution in [3.63, 3.8) is 0 Å². The molecule has 0 aliphatic rings. The van der Waals surface area contributed by atoms with Gasteiger partial charge in [0.25, 0.3) is 0 Å². The van der Waals surface area contributed by atoms with Crippen LogP contribution in [0.4, 0.5) is 14.5 Å². The number of hydrogen-bond donors (Lipinski definition) is 1. The Hall–Kier alpha value is -2.74. The molecule has 0 bridgehead atoms. The van der Waals surface area contributed by atoms with Gasteiger partial charge >= 0.3 is 0 Å². The normalized spacial score (nSPS) is 9.95. The van der Waals surface area contributed by atoms with Crippen LogP contribution in [0.1, 0.15) is 17.5 Å². The van der Waals surface area contributed by atoms with Gasteiger partial charge in [0.2, 0.25) is 5.91 Å². The maximum Gasteiger partial charge on any atom is 0.224 e. The van der Waals surface area contributed by atoms with Gasteiger partial charge in [-0.1, -0.05) is 12.1 Å². The van der Waals surface area contributed by atoms with Gasteiger partial charge in [0, 0.05) is 18.2 Å². The highest BCUT2D eigenvalue weighted by atomic mass is 19.2. The van der Waals surface area contributed by atoms with Crippen molar-refractivity contribution in [2.45, 2.75) is 12.8 Å². The summed E-state index contributed by atoms with van der Waals surface area (Å²) in [5, 5.41) is 11.2. The molecule has 21 heavy (non-hydrogen) atoms. The highest BCUT2D eigenvalue weighted by molar-refractivity contribution is 5.90. The molecule has 106 valence electrons. The molecule has 0 atom stereocenters. The molecule has 2 rings (SSSR count). The summed E-state index contributed by atoms with van der Waals surface area (Å²) < 4.78 is 25.8. The Kier molecular flexibility index (Phi) is 4.62. The van der Waals surface area contributed by atoms with Crippen molar-refractivity contribution >= 4 is 11.6 Å². The fourth-order valence-electron chi connectivity index (χ4n) is 1.80. The molecule has 5 heteroatoms. The molecule has 0 saturated carbocycles. The Labute approximate surface area is 120 Å². The molecule has 3 nitrogen and oxygen atoms in total. The van der Waals surface area contributed by atoms with Crippen LogP contribution in [0.3, 0.4) is 0 Å². The van der Waals surface area contributed by atoms with E-state index >= 15 is 0 Å². The zero-order valence-electron chi connectivity index (χ0n) is 11.1. The molecule has 2 aromatic rings. The monoisotopic (exact) mass is 286 g/mol. The lowest BCUT2D eigenvalue weighted by Gasteiger charge is -2.06. The number of rotatable bonds is 4. The average Bonchev–Trinajstić information content (AvgIpc) is 2.49. The first kappa shape index (κ1) is 14.7. The summed E-state index contributed by atoms with van der Waals surface area (Å²) in [4.78, 5) is 11.7. The van der Waals surface area contributed by atoms with E-state index in [-0.39, 0.29) is 18.0 Å². The SMILES string of the molecule is N#Cc1ccc(CCC(=O)Nc2ccc(F)c(F)c2)cc1. The largest absolute Gasteiger partial charge is 0.326 e. The number of nitriles is 1. The Balaban J connectivity index is 1.89. The van der Waals surface area contributed by atoms with E-state index in [4.69, 9.17) is 5.26 Å². The van der Waals surface area contributed by atoms with Gasteiger partial charge in [-0.25, -0.2) is 8.78 Å². The summed E-state index contributed by atoms with van der Waals surface area (Å²) in [7, 11) is 0. The highest BCUT2D eigenvalue weighted by Gasteiger charge is 2.06. The van der Waals surface area contributed by atoms with E-state index < -0.39 is 11.6 Å². The van der Waals surface area contributed by atoms with E-state index in [1.165, 1.54) is 6.07 Å². The molecule has 0 fully saturated rings. The third-order valence-corrected chi connectivity index (χ3v) is 2.93. The summed E-state index contributed by atoms with van der Waals surface area (Å²) in [5.74, 6) is -2.24. The summed E-state index contributed by atoms with van der Waals surface area (Å²) in [6.07, 6.45) is 0.714. The lowest BCUT2D eigenvalue weighted by molar-refractivity contribution is -0.116. The van der Waals surface area contributed by atoms with Crippen LogP contribution in [0, 0.1) is 23.0 Å². The molecule has 0 radical (unpaired) electrons. The second kappa shape index (κ2) is 6.62. The van der Waals surface area contributed by atoms with Crippen LogP contribution in [0.15, 0.2) is 42.5 Å². The van der Waals surface area contributed by atoms with Gasteiger partial charge in [-0.3, -0.25) is 4.79 Å². The number of amides is 1. The Morgan fingerprint density at radius 2 is 1.81 bits per heavy atom. The molecule has 1 N–H and O–H groups in total. The Morgan fingerprint density at radius 1 is 1.10 bits per heavy atom. The number of aryl methyl sites for hydroxylation is 1. The van der Waals surface area contributed by atoms with Crippen LogP contribution < -0.4 is 5.32 Å². The maximum absolute atomic E-state index is 13.0. The van der Waals surface area contributed by atoms with E-state index in [0.717, 1.165) is 17.7 Å². The van der Waals surface area contributed by atoms with E-state index in [9.17, 15) is 13.6 Å². The van der Waals surface area contributed by atoms with Gasteiger partial charge in [-0.05, 0) is 36.2 Å². The van der Waals surface area contributed by atoms with E-state index in [2.05, 4.69) is 5.32 Å². The molecule has 0 aliphatic heterocycles. The molecule has 0 heterocycles. The van der Waals surface area contributed by atoms with E-state index in [1.807, 2.05) is 6.07 Å². The summed E-state index contributed by atoms with van der Waals surface area (Å²) in [6, 6.07) is 12.2. The number of anilines is 1. The van der Waals surface area contributed by atoms with Crippen molar-refractivity contribution in [3.8, 4) is 6.07 Å². The zero-order valence-corrected chi connectivity index (χ0v) is 11.1. The smallest absolute Gasteiger partial charge is 0.224 e. The maximum atomic E-state index is 13.0. The topological polar surface area (TPSA) is 52.9 Å². The Bertz CT molecular complexity index is 690. The van der Waals surface area contributed by atoms with Gasteiger partial charge in [0.15, 0.2) is 11.6 Å². The molecule has 0 aromatic heterocycles.